The van der Waals surface area contributed by atoms with Crippen LogP contribution in [0.1, 0.15) is 20.3 Å². The van der Waals surface area contributed by atoms with Crippen molar-refractivity contribution in [3.8, 4) is 12.3 Å². The molecule has 1 atom stereocenters. The van der Waals surface area contributed by atoms with Crippen LogP contribution in [0.4, 0.5) is 0 Å². The number of rotatable bonds is 6. The standard InChI is InChI=1S/C10H19NO/c1-5-7-11(8-9-12-4)10(3)6-2/h1,10H,6-9H2,2-4H3. The van der Waals surface area contributed by atoms with Crippen molar-refractivity contribution in [2.75, 3.05) is 26.8 Å². The van der Waals surface area contributed by atoms with Gasteiger partial charge in [-0.15, -0.1) is 6.42 Å². The van der Waals surface area contributed by atoms with Gasteiger partial charge in [0.15, 0.2) is 0 Å². The van der Waals surface area contributed by atoms with E-state index in [0.717, 1.165) is 26.1 Å². The molecule has 0 spiro atoms. The lowest BCUT2D eigenvalue weighted by atomic mass is 10.2. The van der Waals surface area contributed by atoms with Gasteiger partial charge in [0.05, 0.1) is 13.2 Å². The van der Waals surface area contributed by atoms with Crippen molar-refractivity contribution in [1.29, 1.82) is 0 Å². The fourth-order valence-corrected chi connectivity index (χ4v) is 1.04. The molecular formula is C10H19NO. The zero-order valence-electron chi connectivity index (χ0n) is 8.34. The topological polar surface area (TPSA) is 12.5 Å². The molecule has 0 aliphatic carbocycles. The number of ether oxygens (including phenoxy) is 1. The number of nitrogens with zero attached hydrogens (tertiary/aromatic N) is 1. The van der Waals surface area contributed by atoms with Crippen LogP contribution in [-0.4, -0.2) is 37.7 Å². The highest BCUT2D eigenvalue weighted by molar-refractivity contribution is 4.89. The highest BCUT2D eigenvalue weighted by Gasteiger charge is 2.09. The Balaban J connectivity index is 3.78. The van der Waals surface area contributed by atoms with Crippen molar-refractivity contribution in [2.24, 2.45) is 0 Å². The first kappa shape index (κ1) is 11.5. The SMILES string of the molecule is C#CCN(CCOC)C(C)CC. The number of terminal acetylenes is 1. The van der Waals surface area contributed by atoms with Crippen LogP contribution in [0.15, 0.2) is 0 Å². The quantitative estimate of drug-likeness (QED) is 0.557. The third-order valence-corrected chi connectivity index (χ3v) is 2.09. The highest BCUT2D eigenvalue weighted by Crippen LogP contribution is 2.01. The van der Waals surface area contributed by atoms with Crippen LogP contribution in [0, 0.1) is 12.3 Å². The molecule has 12 heavy (non-hydrogen) atoms. The molecule has 0 fully saturated rings. The Bertz CT molecular complexity index is 139. The maximum Gasteiger partial charge on any atom is 0.0602 e. The van der Waals surface area contributed by atoms with E-state index in [-0.39, 0.29) is 0 Å². The number of hydrogen-bond acceptors (Lipinski definition) is 2. The molecule has 2 nitrogen and oxygen atoms in total. The van der Waals surface area contributed by atoms with Crippen LogP contribution in [0.25, 0.3) is 0 Å². The van der Waals surface area contributed by atoms with E-state index in [1.165, 1.54) is 0 Å². The lowest BCUT2D eigenvalue weighted by Crippen LogP contribution is -2.35. The average molecular weight is 169 g/mol. The zero-order chi connectivity index (χ0) is 9.40. The van der Waals surface area contributed by atoms with Gasteiger partial charge < -0.3 is 4.74 Å². The summed E-state index contributed by atoms with van der Waals surface area (Å²) in [6.45, 7) is 6.76. The van der Waals surface area contributed by atoms with E-state index in [0.29, 0.717) is 6.04 Å². The zero-order valence-corrected chi connectivity index (χ0v) is 8.34. The monoisotopic (exact) mass is 169 g/mol. The summed E-state index contributed by atoms with van der Waals surface area (Å²) < 4.78 is 5.00. The van der Waals surface area contributed by atoms with Gasteiger partial charge in [0.2, 0.25) is 0 Å². The number of hydrogen-bond donors (Lipinski definition) is 0. The number of methoxy groups -OCH3 is 1. The summed E-state index contributed by atoms with van der Waals surface area (Å²) >= 11 is 0. The van der Waals surface area contributed by atoms with Gasteiger partial charge in [-0.05, 0) is 13.3 Å². The van der Waals surface area contributed by atoms with E-state index in [1.807, 2.05) is 0 Å². The van der Waals surface area contributed by atoms with Crippen LogP contribution >= 0.6 is 0 Å². The predicted octanol–water partition coefficient (Wildman–Crippen LogP) is 1.37. The normalized spacial score (nSPS) is 12.9. The van der Waals surface area contributed by atoms with Crippen molar-refractivity contribution in [3.05, 3.63) is 0 Å². The predicted molar refractivity (Wildman–Crippen MR) is 52.0 cm³/mol. The third-order valence-electron chi connectivity index (χ3n) is 2.09. The maximum absolute atomic E-state index is 5.26. The van der Waals surface area contributed by atoms with E-state index in [4.69, 9.17) is 11.2 Å². The van der Waals surface area contributed by atoms with E-state index in [9.17, 15) is 0 Å². The molecule has 0 aliphatic rings. The van der Waals surface area contributed by atoms with Gasteiger partial charge >= 0.3 is 0 Å². The Morgan fingerprint density at radius 3 is 2.67 bits per heavy atom. The van der Waals surface area contributed by atoms with E-state index in [2.05, 4.69) is 24.7 Å². The summed E-state index contributed by atoms with van der Waals surface area (Å²) in [6.07, 6.45) is 6.39. The third kappa shape index (κ3) is 4.38. The molecule has 70 valence electrons. The smallest absolute Gasteiger partial charge is 0.0602 e. The van der Waals surface area contributed by atoms with Gasteiger partial charge in [0.25, 0.3) is 0 Å². The van der Waals surface area contributed by atoms with Crippen molar-refractivity contribution in [3.63, 3.8) is 0 Å². The first-order valence-electron chi connectivity index (χ1n) is 4.42. The molecule has 0 N–H and O–H groups in total. The fraction of sp³-hybridized carbons (Fsp3) is 0.800. The van der Waals surface area contributed by atoms with Gasteiger partial charge in [-0.3, -0.25) is 4.90 Å². The maximum atomic E-state index is 5.26. The van der Waals surface area contributed by atoms with Gasteiger partial charge in [-0.2, -0.15) is 0 Å². The first-order chi connectivity index (χ1) is 5.76. The molecule has 0 aliphatic heterocycles. The molecule has 0 saturated heterocycles. The lowest BCUT2D eigenvalue weighted by molar-refractivity contribution is 0.133. The summed E-state index contributed by atoms with van der Waals surface area (Å²) in [7, 11) is 1.71. The Morgan fingerprint density at radius 1 is 1.58 bits per heavy atom. The van der Waals surface area contributed by atoms with E-state index < -0.39 is 0 Å². The van der Waals surface area contributed by atoms with Gasteiger partial charge in [-0.1, -0.05) is 12.8 Å². The van der Waals surface area contributed by atoms with Crippen molar-refractivity contribution in [2.45, 2.75) is 26.3 Å². The largest absolute Gasteiger partial charge is 0.383 e. The molecule has 0 saturated carbocycles. The fourth-order valence-electron chi connectivity index (χ4n) is 1.04. The van der Waals surface area contributed by atoms with Crippen LogP contribution in [0.5, 0.6) is 0 Å². The van der Waals surface area contributed by atoms with E-state index in [1.54, 1.807) is 7.11 Å². The van der Waals surface area contributed by atoms with Crippen LogP contribution in [0.3, 0.4) is 0 Å². The molecule has 1 unspecified atom stereocenters. The highest BCUT2D eigenvalue weighted by atomic mass is 16.5. The molecule has 0 aromatic rings. The molecule has 0 aromatic carbocycles. The Morgan fingerprint density at radius 2 is 2.25 bits per heavy atom. The molecule has 0 rings (SSSR count). The van der Waals surface area contributed by atoms with Gasteiger partial charge in [0, 0.05) is 19.7 Å². The minimum atomic E-state index is 0.552. The average Bonchev–Trinajstić information content (AvgIpc) is 2.11. The summed E-state index contributed by atoms with van der Waals surface area (Å²) in [5.74, 6) is 2.66. The molecular weight excluding hydrogens is 150 g/mol. The first-order valence-corrected chi connectivity index (χ1v) is 4.42. The summed E-state index contributed by atoms with van der Waals surface area (Å²) in [5, 5.41) is 0. The van der Waals surface area contributed by atoms with Crippen molar-refractivity contribution < 1.29 is 4.74 Å². The molecule has 2 heteroatoms. The minimum absolute atomic E-state index is 0.552. The second kappa shape index (κ2) is 7.15. The van der Waals surface area contributed by atoms with Crippen molar-refractivity contribution in [1.82, 2.24) is 4.90 Å². The molecule has 0 heterocycles. The van der Waals surface area contributed by atoms with Crippen LogP contribution < -0.4 is 0 Å². The molecule has 0 radical (unpaired) electrons. The summed E-state index contributed by atoms with van der Waals surface area (Å²) in [6, 6.07) is 0.552. The molecule has 0 bridgehead atoms. The van der Waals surface area contributed by atoms with Crippen LogP contribution in [-0.2, 0) is 4.74 Å². The second-order valence-corrected chi connectivity index (χ2v) is 2.92. The Labute approximate surface area is 75.9 Å². The second-order valence-electron chi connectivity index (χ2n) is 2.92. The van der Waals surface area contributed by atoms with Crippen LogP contribution in [0.2, 0.25) is 0 Å². The lowest BCUT2D eigenvalue weighted by Gasteiger charge is -2.25. The Kier molecular flexibility index (Phi) is 6.84. The van der Waals surface area contributed by atoms with E-state index >= 15 is 0 Å². The minimum Gasteiger partial charge on any atom is -0.383 e. The molecule has 0 aromatic heterocycles. The van der Waals surface area contributed by atoms with Gasteiger partial charge in [-0.25, -0.2) is 0 Å². The summed E-state index contributed by atoms with van der Waals surface area (Å²) in [4.78, 5) is 2.25. The molecule has 0 amide bonds. The summed E-state index contributed by atoms with van der Waals surface area (Å²) in [5.41, 5.74) is 0. The van der Waals surface area contributed by atoms with Gasteiger partial charge in [0.1, 0.15) is 0 Å². The Hall–Kier alpha value is -0.520. The van der Waals surface area contributed by atoms with Crippen molar-refractivity contribution >= 4 is 0 Å².